The van der Waals surface area contributed by atoms with Gasteiger partial charge in [-0.25, -0.2) is 4.79 Å². The molecular weight excluding hydrogens is 196 g/mol. The van der Waals surface area contributed by atoms with Crippen LogP contribution in [0.5, 0.6) is 0 Å². The Kier molecular flexibility index (Phi) is 2.53. The van der Waals surface area contributed by atoms with Crippen LogP contribution in [0.15, 0.2) is 12.2 Å². The Balaban J connectivity index is 2.16. The van der Waals surface area contributed by atoms with Crippen molar-refractivity contribution in [1.29, 1.82) is 0 Å². The first-order chi connectivity index (χ1) is 7.18. The normalized spacial score (nSPS) is 27.5. The van der Waals surface area contributed by atoms with Crippen LogP contribution in [0.2, 0.25) is 0 Å². The summed E-state index contributed by atoms with van der Waals surface area (Å²) >= 11 is 0. The third-order valence-corrected chi connectivity index (χ3v) is 2.76. The summed E-state index contributed by atoms with van der Waals surface area (Å²) in [5.41, 5.74) is 0. The predicted octanol–water partition coefficient (Wildman–Crippen LogP) is 0.325. The molecule has 1 heterocycles. The maximum atomic E-state index is 11.5. The monoisotopic (exact) mass is 208 g/mol. The van der Waals surface area contributed by atoms with Crippen LogP contribution in [0.3, 0.4) is 0 Å². The number of imide groups is 2. The SMILES string of the molecule is O=C1NC(=O)C(C2C=CCCC2)C(=O)N1. The van der Waals surface area contributed by atoms with E-state index in [0.717, 1.165) is 19.3 Å². The molecule has 1 atom stereocenters. The Labute approximate surface area is 86.9 Å². The van der Waals surface area contributed by atoms with Gasteiger partial charge in [0.15, 0.2) is 0 Å². The maximum absolute atomic E-state index is 11.5. The standard InChI is InChI=1S/C10H12N2O3/c13-8-7(6-4-2-1-3-5-6)9(14)12-10(15)11-8/h2,4,6-7H,1,3,5H2,(H2,11,12,13,14,15). The van der Waals surface area contributed by atoms with Gasteiger partial charge in [-0.3, -0.25) is 20.2 Å². The molecule has 0 saturated carbocycles. The molecule has 0 radical (unpaired) electrons. The van der Waals surface area contributed by atoms with Crippen molar-refractivity contribution in [3.8, 4) is 0 Å². The Bertz CT molecular complexity index is 329. The van der Waals surface area contributed by atoms with E-state index in [4.69, 9.17) is 0 Å². The van der Waals surface area contributed by atoms with Crippen molar-refractivity contribution in [2.75, 3.05) is 0 Å². The van der Waals surface area contributed by atoms with Gasteiger partial charge in [0.25, 0.3) is 0 Å². The molecule has 5 nitrogen and oxygen atoms in total. The van der Waals surface area contributed by atoms with Crippen LogP contribution in [-0.2, 0) is 9.59 Å². The molecule has 15 heavy (non-hydrogen) atoms. The van der Waals surface area contributed by atoms with E-state index in [1.165, 1.54) is 0 Å². The molecule has 0 bridgehead atoms. The van der Waals surface area contributed by atoms with Crippen molar-refractivity contribution in [3.63, 3.8) is 0 Å². The molecule has 0 spiro atoms. The van der Waals surface area contributed by atoms with Crippen molar-refractivity contribution < 1.29 is 14.4 Å². The molecule has 2 rings (SSSR count). The summed E-state index contributed by atoms with van der Waals surface area (Å²) in [5.74, 6) is -1.80. The number of hydrogen-bond acceptors (Lipinski definition) is 3. The summed E-state index contributed by atoms with van der Waals surface area (Å²) in [6.07, 6.45) is 6.65. The van der Waals surface area contributed by atoms with Gasteiger partial charge in [-0.05, 0) is 25.2 Å². The lowest BCUT2D eigenvalue weighted by Gasteiger charge is -2.27. The molecule has 2 N–H and O–H groups in total. The second-order valence-corrected chi connectivity index (χ2v) is 3.81. The molecule has 5 heteroatoms. The summed E-state index contributed by atoms with van der Waals surface area (Å²) in [5, 5.41) is 4.23. The Morgan fingerprint density at radius 3 is 2.33 bits per heavy atom. The fourth-order valence-corrected chi connectivity index (χ4v) is 2.03. The van der Waals surface area contributed by atoms with E-state index < -0.39 is 23.8 Å². The maximum Gasteiger partial charge on any atom is 0.328 e. The molecule has 0 aromatic rings. The van der Waals surface area contributed by atoms with E-state index in [1.54, 1.807) is 0 Å². The lowest BCUT2D eigenvalue weighted by Crippen LogP contribution is -2.57. The second kappa shape index (κ2) is 3.84. The van der Waals surface area contributed by atoms with Crippen LogP contribution in [0, 0.1) is 11.8 Å². The molecule has 0 aromatic carbocycles. The van der Waals surface area contributed by atoms with E-state index in [-0.39, 0.29) is 5.92 Å². The lowest BCUT2D eigenvalue weighted by atomic mass is 9.83. The van der Waals surface area contributed by atoms with Crippen LogP contribution in [0.1, 0.15) is 19.3 Å². The molecule has 1 saturated heterocycles. The third kappa shape index (κ3) is 1.91. The zero-order valence-corrected chi connectivity index (χ0v) is 8.16. The van der Waals surface area contributed by atoms with Crippen LogP contribution < -0.4 is 10.6 Å². The summed E-state index contributed by atoms with van der Waals surface area (Å²) in [6.45, 7) is 0. The van der Waals surface area contributed by atoms with Crippen LogP contribution in [0.4, 0.5) is 4.79 Å². The lowest BCUT2D eigenvalue weighted by molar-refractivity contribution is -0.137. The topological polar surface area (TPSA) is 75.3 Å². The van der Waals surface area contributed by atoms with Gasteiger partial charge < -0.3 is 0 Å². The van der Waals surface area contributed by atoms with Gasteiger partial charge in [0.05, 0.1) is 0 Å². The third-order valence-electron chi connectivity index (χ3n) is 2.76. The van der Waals surface area contributed by atoms with Gasteiger partial charge >= 0.3 is 6.03 Å². The zero-order valence-electron chi connectivity index (χ0n) is 8.16. The minimum atomic E-state index is -0.751. The molecule has 4 amide bonds. The van der Waals surface area contributed by atoms with Crippen molar-refractivity contribution in [1.82, 2.24) is 10.6 Å². The van der Waals surface area contributed by atoms with Crippen LogP contribution in [0.25, 0.3) is 0 Å². The van der Waals surface area contributed by atoms with Gasteiger partial charge in [-0.15, -0.1) is 0 Å². The highest BCUT2D eigenvalue weighted by Gasteiger charge is 2.39. The van der Waals surface area contributed by atoms with E-state index in [1.807, 2.05) is 12.2 Å². The summed E-state index contributed by atoms with van der Waals surface area (Å²) in [6, 6.07) is -0.721. The quantitative estimate of drug-likeness (QED) is 0.481. The van der Waals surface area contributed by atoms with E-state index in [0.29, 0.717) is 0 Å². The largest absolute Gasteiger partial charge is 0.328 e. The highest BCUT2D eigenvalue weighted by Crippen LogP contribution is 2.26. The first kappa shape index (κ1) is 9.89. The van der Waals surface area contributed by atoms with Crippen molar-refractivity contribution in [2.24, 2.45) is 11.8 Å². The van der Waals surface area contributed by atoms with Crippen molar-refractivity contribution in [3.05, 3.63) is 12.2 Å². The van der Waals surface area contributed by atoms with Crippen LogP contribution >= 0.6 is 0 Å². The summed E-state index contributed by atoms with van der Waals surface area (Å²) in [7, 11) is 0. The average molecular weight is 208 g/mol. The number of allylic oxidation sites excluding steroid dienone is 2. The molecule has 1 aliphatic carbocycles. The molecule has 1 fully saturated rings. The highest BCUT2D eigenvalue weighted by molar-refractivity contribution is 6.16. The van der Waals surface area contributed by atoms with Gasteiger partial charge in [-0.1, -0.05) is 12.2 Å². The van der Waals surface area contributed by atoms with E-state index in [2.05, 4.69) is 10.6 Å². The highest BCUT2D eigenvalue weighted by atomic mass is 16.2. The Hall–Kier alpha value is -1.65. The van der Waals surface area contributed by atoms with Gasteiger partial charge in [-0.2, -0.15) is 0 Å². The summed E-state index contributed by atoms with van der Waals surface area (Å²) < 4.78 is 0. The number of hydrogen-bond donors (Lipinski definition) is 2. The molecular formula is C10H12N2O3. The molecule has 2 aliphatic rings. The minimum Gasteiger partial charge on any atom is -0.277 e. The summed E-state index contributed by atoms with van der Waals surface area (Å²) in [4.78, 5) is 33.8. The molecule has 1 aliphatic heterocycles. The number of carbonyl (C=O) groups excluding carboxylic acids is 3. The number of amides is 4. The van der Waals surface area contributed by atoms with Crippen molar-refractivity contribution >= 4 is 17.8 Å². The number of urea groups is 1. The van der Waals surface area contributed by atoms with Gasteiger partial charge in [0.1, 0.15) is 5.92 Å². The molecule has 80 valence electrons. The fourth-order valence-electron chi connectivity index (χ4n) is 2.03. The zero-order chi connectivity index (χ0) is 10.8. The number of rotatable bonds is 1. The predicted molar refractivity (Wildman–Crippen MR) is 51.7 cm³/mol. The second-order valence-electron chi connectivity index (χ2n) is 3.81. The minimum absolute atomic E-state index is 0.0770. The average Bonchev–Trinajstić information content (AvgIpc) is 2.17. The van der Waals surface area contributed by atoms with Crippen molar-refractivity contribution in [2.45, 2.75) is 19.3 Å². The fraction of sp³-hybridized carbons (Fsp3) is 0.500. The van der Waals surface area contributed by atoms with E-state index in [9.17, 15) is 14.4 Å². The smallest absolute Gasteiger partial charge is 0.277 e. The Morgan fingerprint density at radius 2 is 1.80 bits per heavy atom. The number of nitrogens with one attached hydrogen (secondary N) is 2. The van der Waals surface area contributed by atoms with Crippen LogP contribution in [-0.4, -0.2) is 17.8 Å². The molecule has 0 aromatic heterocycles. The van der Waals surface area contributed by atoms with Gasteiger partial charge in [0.2, 0.25) is 11.8 Å². The van der Waals surface area contributed by atoms with E-state index >= 15 is 0 Å². The number of barbiturate groups is 1. The van der Waals surface area contributed by atoms with Gasteiger partial charge in [0, 0.05) is 0 Å². The first-order valence-electron chi connectivity index (χ1n) is 5.01. The first-order valence-corrected chi connectivity index (χ1v) is 5.01. The molecule has 1 unspecified atom stereocenters. The Morgan fingerprint density at radius 1 is 1.13 bits per heavy atom. The number of carbonyl (C=O) groups is 3.